The molecule has 2 fully saturated rings. The number of aliphatic imine (C=N–C) groups is 1. The van der Waals surface area contributed by atoms with Crippen molar-refractivity contribution in [1.29, 1.82) is 0 Å². The minimum Gasteiger partial charge on any atom is -0.354 e. The van der Waals surface area contributed by atoms with Gasteiger partial charge >= 0.3 is 0 Å². The molecule has 5 nitrogen and oxygen atoms in total. The van der Waals surface area contributed by atoms with Crippen molar-refractivity contribution in [2.24, 2.45) is 4.99 Å². The lowest BCUT2D eigenvalue weighted by atomic mass is 10.1. The second-order valence-electron chi connectivity index (χ2n) is 6.14. The minimum atomic E-state index is 0.164. The van der Waals surface area contributed by atoms with Gasteiger partial charge in [-0.25, -0.2) is 0 Å². The van der Waals surface area contributed by atoms with Crippen LogP contribution >= 0.6 is 11.6 Å². The minimum absolute atomic E-state index is 0.164. The first kappa shape index (κ1) is 16.1. The zero-order valence-electron chi connectivity index (χ0n) is 13.5. The largest absolute Gasteiger partial charge is 0.354 e. The number of halogens is 1. The lowest BCUT2D eigenvalue weighted by Crippen LogP contribution is -2.54. The van der Waals surface area contributed by atoms with Crippen LogP contribution < -0.4 is 5.32 Å². The summed E-state index contributed by atoms with van der Waals surface area (Å²) in [5.74, 6) is 1.13. The standard InChI is InChI=1S/C17H23ClN4O/c1-19-17(20-15-5-6-15)22-9-7-21(8-10-22)16(23)12-13-3-2-4-14(18)11-13/h2-4,11,15H,5-10,12H2,1H3,(H,19,20). The van der Waals surface area contributed by atoms with E-state index in [1.165, 1.54) is 12.8 Å². The first-order valence-electron chi connectivity index (χ1n) is 8.16. The monoisotopic (exact) mass is 334 g/mol. The molecule has 1 aliphatic heterocycles. The Balaban J connectivity index is 1.50. The highest BCUT2D eigenvalue weighted by Gasteiger charge is 2.27. The number of amides is 1. The fourth-order valence-electron chi connectivity index (χ4n) is 2.81. The number of piperazine rings is 1. The molecule has 1 aliphatic carbocycles. The molecule has 0 atom stereocenters. The molecule has 1 heterocycles. The lowest BCUT2D eigenvalue weighted by Gasteiger charge is -2.36. The Morgan fingerprint density at radius 2 is 1.96 bits per heavy atom. The smallest absolute Gasteiger partial charge is 0.227 e. The maximum Gasteiger partial charge on any atom is 0.227 e. The third-order valence-electron chi connectivity index (χ3n) is 4.30. The molecular weight excluding hydrogens is 312 g/mol. The SMILES string of the molecule is CN=C(NC1CC1)N1CCN(C(=O)Cc2cccc(Cl)c2)CC1. The van der Waals surface area contributed by atoms with Gasteiger partial charge in [0.2, 0.25) is 5.91 Å². The molecule has 0 radical (unpaired) electrons. The molecule has 0 bridgehead atoms. The van der Waals surface area contributed by atoms with Gasteiger partial charge in [-0.1, -0.05) is 23.7 Å². The number of nitrogens with one attached hydrogen (secondary N) is 1. The third-order valence-corrected chi connectivity index (χ3v) is 4.53. The molecule has 1 aromatic carbocycles. The first-order chi connectivity index (χ1) is 11.2. The molecule has 0 unspecified atom stereocenters. The number of carbonyl (C=O) groups excluding carboxylic acids is 1. The Morgan fingerprint density at radius 3 is 2.57 bits per heavy atom. The number of carbonyl (C=O) groups is 1. The van der Waals surface area contributed by atoms with Crippen LogP contribution in [-0.4, -0.2) is 60.9 Å². The van der Waals surface area contributed by atoms with Crippen molar-refractivity contribution in [2.45, 2.75) is 25.3 Å². The summed E-state index contributed by atoms with van der Waals surface area (Å²) in [6.45, 7) is 3.14. The van der Waals surface area contributed by atoms with Crippen molar-refractivity contribution in [1.82, 2.24) is 15.1 Å². The van der Waals surface area contributed by atoms with E-state index in [9.17, 15) is 4.79 Å². The second-order valence-corrected chi connectivity index (χ2v) is 6.58. The Hall–Kier alpha value is -1.75. The Kier molecular flexibility index (Phi) is 5.06. The third kappa shape index (κ3) is 4.38. The zero-order chi connectivity index (χ0) is 16.2. The topological polar surface area (TPSA) is 47.9 Å². The quantitative estimate of drug-likeness (QED) is 0.677. The molecule has 1 aromatic rings. The van der Waals surface area contributed by atoms with Gasteiger partial charge in [0.25, 0.3) is 0 Å². The van der Waals surface area contributed by atoms with E-state index in [1.807, 2.05) is 36.2 Å². The predicted octanol–water partition coefficient (Wildman–Crippen LogP) is 1.76. The van der Waals surface area contributed by atoms with Gasteiger partial charge in [-0.05, 0) is 30.5 Å². The number of guanidine groups is 1. The molecule has 1 saturated heterocycles. The van der Waals surface area contributed by atoms with Crippen LogP contribution in [0.3, 0.4) is 0 Å². The number of nitrogens with zero attached hydrogens (tertiary/aromatic N) is 3. The van der Waals surface area contributed by atoms with Gasteiger partial charge in [-0.2, -0.15) is 0 Å². The van der Waals surface area contributed by atoms with Crippen LogP contribution in [0.25, 0.3) is 0 Å². The molecule has 0 spiro atoms. The van der Waals surface area contributed by atoms with Crippen molar-refractivity contribution in [3.05, 3.63) is 34.9 Å². The van der Waals surface area contributed by atoms with Crippen molar-refractivity contribution in [3.8, 4) is 0 Å². The van der Waals surface area contributed by atoms with Crippen LogP contribution in [0.15, 0.2) is 29.3 Å². The van der Waals surface area contributed by atoms with Crippen LogP contribution in [0.4, 0.5) is 0 Å². The van der Waals surface area contributed by atoms with Gasteiger partial charge in [0.05, 0.1) is 6.42 Å². The van der Waals surface area contributed by atoms with E-state index in [4.69, 9.17) is 11.6 Å². The van der Waals surface area contributed by atoms with E-state index in [1.54, 1.807) is 0 Å². The fourth-order valence-corrected chi connectivity index (χ4v) is 3.02. The van der Waals surface area contributed by atoms with E-state index in [0.717, 1.165) is 37.7 Å². The summed E-state index contributed by atoms with van der Waals surface area (Å²) in [7, 11) is 1.82. The molecule has 23 heavy (non-hydrogen) atoms. The van der Waals surface area contributed by atoms with Crippen molar-refractivity contribution in [2.75, 3.05) is 33.2 Å². The fraction of sp³-hybridized carbons (Fsp3) is 0.529. The molecule has 1 amide bonds. The van der Waals surface area contributed by atoms with Crippen LogP contribution in [0.2, 0.25) is 5.02 Å². The summed E-state index contributed by atoms with van der Waals surface area (Å²) < 4.78 is 0. The Morgan fingerprint density at radius 1 is 1.26 bits per heavy atom. The maximum atomic E-state index is 12.4. The summed E-state index contributed by atoms with van der Waals surface area (Å²) in [5, 5.41) is 4.13. The Bertz CT molecular complexity index is 592. The van der Waals surface area contributed by atoms with Gasteiger partial charge in [0, 0.05) is 44.3 Å². The van der Waals surface area contributed by atoms with Crippen LogP contribution in [-0.2, 0) is 11.2 Å². The molecule has 6 heteroatoms. The van der Waals surface area contributed by atoms with E-state index in [-0.39, 0.29) is 5.91 Å². The number of rotatable bonds is 3. The first-order valence-corrected chi connectivity index (χ1v) is 8.54. The highest BCUT2D eigenvalue weighted by molar-refractivity contribution is 6.30. The van der Waals surface area contributed by atoms with Gasteiger partial charge in [0.15, 0.2) is 5.96 Å². The summed E-state index contributed by atoms with van der Waals surface area (Å²) in [6.07, 6.45) is 2.88. The highest BCUT2D eigenvalue weighted by atomic mass is 35.5. The molecular formula is C17H23ClN4O. The maximum absolute atomic E-state index is 12.4. The number of hydrogen-bond donors (Lipinski definition) is 1. The van der Waals surface area contributed by atoms with Crippen LogP contribution in [0, 0.1) is 0 Å². The van der Waals surface area contributed by atoms with Crippen LogP contribution in [0.1, 0.15) is 18.4 Å². The van der Waals surface area contributed by atoms with Crippen molar-refractivity contribution in [3.63, 3.8) is 0 Å². The molecule has 3 rings (SSSR count). The molecule has 2 aliphatic rings. The molecule has 1 N–H and O–H groups in total. The van der Waals surface area contributed by atoms with Gasteiger partial charge < -0.3 is 15.1 Å². The number of hydrogen-bond acceptors (Lipinski definition) is 2. The molecule has 0 aromatic heterocycles. The zero-order valence-corrected chi connectivity index (χ0v) is 14.2. The van der Waals surface area contributed by atoms with E-state index in [0.29, 0.717) is 17.5 Å². The highest BCUT2D eigenvalue weighted by Crippen LogP contribution is 2.19. The van der Waals surface area contributed by atoms with Gasteiger partial charge in [-0.15, -0.1) is 0 Å². The van der Waals surface area contributed by atoms with Crippen molar-refractivity contribution >= 4 is 23.5 Å². The Labute approximate surface area is 142 Å². The number of benzene rings is 1. The summed E-state index contributed by atoms with van der Waals surface area (Å²) >= 11 is 5.98. The average molecular weight is 335 g/mol. The summed E-state index contributed by atoms with van der Waals surface area (Å²) in [6, 6.07) is 8.11. The van der Waals surface area contributed by atoms with Crippen molar-refractivity contribution < 1.29 is 4.79 Å². The van der Waals surface area contributed by atoms with E-state index in [2.05, 4.69) is 15.2 Å². The average Bonchev–Trinajstić information content (AvgIpc) is 3.37. The normalized spacial score (nSPS) is 19.0. The van der Waals surface area contributed by atoms with E-state index >= 15 is 0 Å². The predicted molar refractivity (Wildman–Crippen MR) is 92.8 cm³/mol. The summed E-state index contributed by atoms with van der Waals surface area (Å²) in [5.41, 5.74) is 0.969. The molecule has 124 valence electrons. The van der Waals surface area contributed by atoms with Gasteiger partial charge in [0.1, 0.15) is 0 Å². The van der Waals surface area contributed by atoms with E-state index < -0.39 is 0 Å². The summed E-state index contributed by atoms with van der Waals surface area (Å²) in [4.78, 5) is 21.0. The lowest BCUT2D eigenvalue weighted by molar-refractivity contribution is -0.131. The van der Waals surface area contributed by atoms with Crippen LogP contribution in [0.5, 0.6) is 0 Å². The molecule has 1 saturated carbocycles. The van der Waals surface area contributed by atoms with Gasteiger partial charge in [-0.3, -0.25) is 9.79 Å². The second kappa shape index (κ2) is 7.21.